The third-order valence-electron chi connectivity index (χ3n) is 2.79. The molecule has 2 rings (SSSR count). The fourth-order valence-corrected chi connectivity index (χ4v) is 4.41. The van der Waals surface area contributed by atoms with Crippen molar-refractivity contribution in [2.24, 2.45) is 0 Å². The summed E-state index contributed by atoms with van der Waals surface area (Å²) in [7, 11) is 1.92. The molecule has 0 radical (unpaired) electrons. The highest BCUT2D eigenvalue weighted by atomic mass is 79.9. The summed E-state index contributed by atoms with van der Waals surface area (Å²) in [5, 5.41) is 3.28. The molecule has 0 aliphatic rings. The van der Waals surface area contributed by atoms with E-state index in [-0.39, 0.29) is 11.9 Å². The third kappa shape index (κ3) is 3.88. The molecule has 0 bridgehead atoms. The summed E-state index contributed by atoms with van der Waals surface area (Å²) in [6.07, 6.45) is 0.730. The molecule has 0 aliphatic carbocycles. The molecule has 0 amide bonds. The highest BCUT2D eigenvalue weighted by Crippen LogP contribution is 2.37. The maximum atomic E-state index is 13.3. The molecule has 19 heavy (non-hydrogen) atoms. The molecular weight excluding hydrogens is 461 g/mol. The van der Waals surface area contributed by atoms with Gasteiger partial charge in [0.15, 0.2) is 0 Å². The van der Waals surface area contributed by atoms with Crippen LogP contribution in [0.15, 0.2) is 37.0 Å². The quantitative estimate of drug-likeness (QED) is 0.605. The van der Waals surface area contributed by atoms with Crippen LogP contribution in [-0.4, -0.2) is 7.05 Å². The molecule has 1 aromatic carbocycles. The molecule has 102 valence electrons. The second-order valence-electron chi connectivity index (χ2n) is 4.05. The lowest BCUT2D eigenvalue weighted by Gasteiger charge is -2.15. The monoisotopic (exact) mass is 469 g/mol. The first-order chi connectivity index (χ1) is 9.01. The first-order valence-corrected chi connectivity index (χ1v) is 8.76. The molecule has 0 saturated heterocycles. The molecule has 1 heterocycles. The van der Waals surface area contributed by atoms with Crippen molar-refractivity contribution >= 4 is 59.1 Å². The van der Waals surface area contributed by atoms with Crippen molar-refractivity contribution in [3.63, 3.8) is 0 Å². The summed E-state index contributed by atoms with van der Waals surface area (Å²) in [6.45, 7) is 0. The zero-order valence-corrected chi connectivity index (χ0v) is 15.6. The number of nitrogens with one attached hydrogen (secondary N) is 1. The Kier molecular flexibility index (Phi) is 5.60. The van der Waals surface area contributed by atoms with Crippen molar-refractivity contribution in [1.29, 1.82) is 0 Å². The average molecular weight is 472 g/mol. The van der Waals surface area contributed by atoms with Gasteiger partial charge in [0.1, 0.15) is 5.82 Å². The van der Waals surface area contributed by atoms with E-state index in [1.807, 2.05) is 7.05 Å². The van der Waals surface area contributed by atoms with Gasteiger partial charge < -0.3 is 5.32 Å². The van der Waals surface area contributed by atoms with Gasteiger partial charge in [0, 0.05) is 19.9 Å². The molecule has 0 spiro atoms. The molecule has 2 aromatic rings. The van der Waals surface area contributed by atoms with E-state index in [0.29, 0.717) is 0 Å². The van der Waals surface area contributed by atoms with E-state index in [0.717, 1.165) is 24.7 Å². The van der Waals surface area contributed by atoms with Gasteiger partial charge in [-0.25, -0.2) is 4.39 Å². The number of hydrogen-bond donors (Lipinski definition) is 1. The van der Waals surface area contributed by atoms with Gasteiger partial charge in [-0.3, -0.25) is 0 Å². The average Bonchev–Trinajstić information content (AvgIpc) is 2.70. The molecule has 1 atom stereocenters. The smallest absolute Gasteiger partial charge is 0.123 e. The second kappa shape index (κ2) is 6.80. The fourth-order valence-electron chi connectivity index (χ4n) is 1.80. The van der Waals surface area contributed by atoms with Gasteiger partial charge in [0.05, 0.1) is 3.79 Å². The summed E-state index contributed by atoms with van der Waals surface area (Å²) in [4.78, 5) is 1.21. The lowest BCUT2D eigenvalue weighted by atomic mass is 10.0. The van der Waals surface area contributed by atoms with Crippen molar-refractivity contribution in [3.8, 4) is 0 Å². The first-order valence-electron chi connectivity index (χ1n) is 5.57. The van der Waals surface area contributed by atoms with Crippen LogP contribution in [-0.2, 0) is 6.42 Å². The topological polar surface area (TPSA) is 12.0 Å². The van der Waals surface area contributed by atoms with E-state index in [4.69, 9.17) is 0 Å². The number of halogens is 4. The van der Waals surface area contributed by atoms with Crippen LogP contribution in [0.1, 0.15) is 16.5 Å². The Bertz CT molecular complexity index is 566. The number of likely N-dealkylation sites (N-methyl/N-ethyl adjacent to an activating group) is 1. The summed E-state index contributed by atoms with van der Waals surface area (Å²) >= 11 is 12.1. The number of benzene rings is 1. The lowest BCUT2D eigenvalue weighted by molar-refractivity contribution is 0.590. The Morgan fingerprint density at radius 3 is 2.53 bits per heavy atom. The molecule has 1 unspecified atom stereocenters. The summed E-state index contributed by atoms with van der Waals surface area (Å²) in [6, 6.07) is 7.03. The third-order valence-corrected chi connectivity index (χ3v) is 6.93. The largest absolute Gasteiger partial charge is 0.312 e. The molecule has 0 aliphatic heterocycles. The standard InChI is InChI=1S/C13H11Br3FNS/c1-18-11(12-6-10(15)13(16)19-12)5-7-4-8(17)2-3-9(7)14/h2-4,6,11,18H,5H2,1H3. The number of hydrogen-bond acceptors (Lipinski definition) is 2. The van der Waals surface area contributed by atoms with Crippen LogP contribution in [0, 0.1) is 5.82 Å². The van der Waals surface area contributed by atoms with Crippen LogP contribution in [0.3, 0.4) is 0 Å². The fraction of sp³-hybridized carbons (Fsp3) is 0.231. The Hall–Kier alpha value is 0.250. The minimum atomic E-state index is -0.207. The SMILES string of the molecule is CNC(Cc1cc(F)ccc1Br)c1cc(Br)c(Br)s1. The van der Waals surface area contributed by atoms with E-state index in [1.165, 1.54) is 10.9 Å². The Balaban J connectivity index is 2.26. The van der Waals surface area contributed by atoms with E-state index < -0.39 is 0 Å². The van der Waals surface area contributed by atoms with E-state index in [1.54, 1.807) is 23.5 Å². The van der Waals surface area contributed by atoms with Crippen LogP contribution >= 0.6 is 59.1 Å². The Morgan fingerprint density at radius 2 is 1.95 bits per heavy atom. The van der Waals surface area contributed by atoms with Crippen LogP contribution in [0.2, 0.25) is 0 Å². The summed E-state index contributed by atoms with van der Waals surface area (Å²) < 4.78 is 16.4. The normalized spacial score (nSPS) is 12.7. The van der Waals surface area contributed by atoms with Crippen LogP contribution < -0.4 is 5.32 Å². The second-order valence-corrected chi connectivity index (χ2v) is 8.16. The van der Waals surface area contributed by atoms with Gasteiger partial charge in [-0.05, 0) is 75.2 Å². The minimum absolute atomic E-state index is 0.158. The highest BCUT2D eigenvalue weighted by molar-refractivity contribution is 9.13. The minimum Gasteiger partial charge on any atom is -0.312 e. The van der Waals surface area contributed by atoms with Crippen molar-refractivity contribution in [2.75, 3.05) is 7.05 Å². The number of thiophene rings is 1. The predicted molar refractivity (Wildman–Crippen MR) is 89.3 cm³/mol. The molecule has 1 aromatic heterocycles. The van der Waals surface area contributed by atoms with Crippen molar-refractivity contribution in [2.45, 2.75) is 12.5 Å². The highest BCUT2D eigenvalue weighted by Gasteiger charge is 2.16. The Morgan fingerprint density at radius 1 is 1.21 bits per heavy atom. The van der Waals surface area contributed by atoms with Crippen molar-refractivity contribution in [1.82, 2.24) is 5.32 Å². The van der Waals surface area contributed by atoms with Crippen LogP contribution in [0.4, 0.5) is 4.39 Å². The Labute approximate surface area is 141 Å². The van der Waals surface area contributed by atoms with Crippen LogP contribution in [0.25, 0.3) is 0 Å². The molecule has 6 heteroatoms. The molecule has 0 saturated carbocycles. The van der Waals surface area contributed by atoms with Gasteiger partial charge in [-0.1, -0.05) is 15.9 Å². The van der Waals surface area contributed by atoms with Gasteiger partial charge in [-0.2, -0.15) is 0 Å². The van der Waals surface area contributed by atoms with Crippen molar-refractivity contribution in [3.05, 3.63) is 53.3 Å². The van der Waals surface area contributed by atoms with Gasteiger partial charge >= 0.3 is 0 Å². The van der Waals surface area contributed by atoms with E-state index >= 15 is 0 Å². The van der Waals surface area contributed by atoms with E-state index in [9.17, 15) is 4.39 Å². The van der Waals surface area contributed by atoms with Gasteiger partial charge in [0.25, 0.3) is 0 Å². The van der Waals surface area contributed by atoms with Gasteiger partial charge in [-0.15, -0.1) is 11.3 Å². The zero-order chi connectivity index (χ0) is 14.0. The summed E-state index contributed by atoms with van der Waals surface area (Å²) in [5.41, 5.74) is 0.958. The first kappa shape index (κ1) is 15.6. The summed E-state index contributed by atoms with van der Waals surface area (Å²) in [5.74, 6) is -0.207. The molecule has 1 N–H and O–H groups in total. The van der Waals surface area contributed by atoms with Crippen LogP contribution in [0.5, 0.6) is 0 Å². The number of rotatable bonds is 4. The maximum Gasteiger partial charge on any atom is 0.123 e. The molecular formula is C13H11Br3FNS. The zero-order valence-electron chi connectivity index (χ0n) is 10.0. The lowest BCUT2D eigenvalue weighted by Crippen LogP contribution is -2.18. The van der Waals surface area contributed by atoms with E-state index in [2.05, 4.69) is 59.2 Å². The van der Waals surface area contributed by atoms with Gasteiger partial charge in [0.2, 0.25) is 0 Å². The maximum absolute atomic E-state index is 13.3. The molecule has 0 fully saturated rings. The molecule has 1 nitrogen and oxygen atoms in total. The van der Waals surface area contributed by atoms with Crippen molar-refractivity contribution < 1.29 is 4.39 Å². The predicted octanol–water partition coefficient (Wildman–Crippen LogP) is 5.68.